The van der Waals surface area contributed by atoms with Crippen molar-refractivity contribution in [2.45, 2.75) is 6.42 Å². The molecule has 0 saturated carbocycles. The van der Waals surface area contributed by atoms with Gasteiger partial charge in [0, 0.05) is 10.9 Å². The summed E-state index contributed by atoms with van der Waals surface area (Å²) in [4.78, 5) is 4.57. The topological polar surface area (TPSA) is 36.7 Å². The van der Waals surface area contributed by atoms with Crippen LogP contribution in [0.5, 0.6) is 0 Å². The maximum absolute atomic E-state index is 12.9. The number of hydrogen-bond acceptors (Lipinski definition) is 2. The highest BCUT2D eigenvalue weighted by Crippen LogP contribution is 2.22. The molecule has 0 bridgehead atoms. The van der Waals surface area contributed by atoms with Gasteiger partial charge in [0.05, 0.1) is 23.7 Å². The van der Waals surface area contributed by atoms with Crippen molar-refractivity contribution in [3.63, 3.8) is 0 Å². The molecule has 0 unspecified atom stereocenters. The van der Waals surface area contributed by atoms with Crippen LogP contribution < -0.4 is 0 Å². The molecule has 0 atom stereocenters. The number of hydrogen-bond donors (Lipinski definition) is 0. The Hall–Kier alpha value is -2.73. The first kappa shape index (κ1) is 12.3. The quantitative estimate of drug-likeness (QED) is 0.697. The predicted octanol–water partition coefficient (Wildman–Crippen LogP) is 4.11. The van der Waals surface area contributed by atoms with E-state index >= 15 is 0 Å². The number of halogens is 1. The Bertz CT molecular complexity index is 801. The summed E-state index contributed by atoms with van der Waals surface area (Å²) in [7, 11) is 0. The summed E-state index contributed by atoms with van der Waals surface area (Å²) in [6, 6.07) is 18.1. The van der Waals surface area contributed by atoms with Gasteiger partial charge in [0.1, 0.15) is 5.82 Å². The Balaban J connectivity index is 2.05. The Kier molecular flexibility index (Phi) is 3.14. The molecule has 1 aromatic heterocycles. The van der Waals surface area contributed by atoms with Crippen LogP contribution in [0.4, 0.5) is 4.39 Å². The first-order valence-corrected chi connectivity index (χ1v) is 6.29. The molecule has 2 nitrogen and oxygen atoms in total. The Morgan fingerprint density at radius 2 is 1.80 bits per heavy atom. The molecule has 0 N–H and O–H groups in total. The summed E-state index contributed by atoms with van der Waals surface area (Å²) in [6.07, 6.45) is 0.398. The van der Waals surface area contributed by atoms with E-state index in [2.05, 4.69) is 11.1 Å². The van der Waals surface area contributed by atoms with Crippen molar-refractivity contribution in [3.05, 3.63) is 66.0 Å². The van der Waals surface area contributed by atoms with Gasteiger partial charge in [0.15, 0.2) is 0 Å². The summed E-state index contributed by atoms with van der Waals surface area (Å²) in [6.45, 7) is 0. The van der Waals surface area contributed by atoms with Gasteiger partial charge in [0.2, 0.25) is 0 Å². The van der Waals surface area contributed by atoms with E-state index in [0.29, 0.717) is 6.42 Å². The van der Waals surface area contributed by atoms with Gasteiger partial charge in [-0.1, -0.05) is 12.1 Å². The average molecular weight is 262 g/mol. The molecule has 0 spiro atoms. The molecule has 0 amide bonds. The maximum Gasteiger partial charge on any atom is 0.123 e. The van der Waals surface area contributed by atoms with Crippen LogP contribution in [0.15, 0.2) is 54.6 Å². The molecule has 1 heterocycles. The zero-order chi connectivity index (χ0) is 13.9. The van der Waals surface area contributed by atoms with Crippen LogP contribution in [-0.4, -0.2) is 4.98 Å². The number of benzene rings is 2. The maximum atomic E-state index is 12.9. The van der Waals surface area contributed by atoms with Crippen molar-refractivity contribution in [1.82, 2.24) is 4.98 Å². The molecular formula is C17H11FN2. The minimum atomic E-state index is -0.254. The van der Waals surface area contributed by atoms with Crippen molar-refractivity contribution in [3.8, 4) is 17.3 Å². The number of fused-ring (bicyclic) bond motifs is 1. The van der Waals surface area contributed by atoms with Gasteiger partial charge in [-0.2, -0.15) is 5.26 Å². The van der Waals surface area contributed by atoms with Crippen LogP contribution >= 0.6 is 0 Å². The van der Waals surface area contributed by atoms with Crippen LogP contribution in [0.3, 0.4) is 0 Å². The molecule has 3 aromatic rings. The van der Waals surface area contributed by atoms with E-state index in [1.807, 2.05) is 30.3 Å². The van der Waals surface area contributed by atoms with Gasteiger partial charge in [-0.05, 0) is 48.0 Å². The van der Waals surface area contributed by atoms with Gasteiger partial charge in [-0.25, -0.2) is 9.37 Å². The third-order valence-corrected chi connectivity index (χ3v) is 3.18. The van der Waals surface area contributed by atoms with E-state index in [0.717, 1.165) is 27.7 Å². The number of rotatable bonds is 2. The van der Waals surface area contributed by atoms with E-state index < -0.39 is 0 Å². The minimum absolute atomic E-state index is 0.254. The zero-order valence-corrected chi connectivity index (χ0v) is 10.7. The number of aromatic nitrogens is 1. The third kappa shape index (κ3) is 2.36. The highest BCUT2D eigenvalue weighted by molar-refractivity contribution is 5.82. The number of nitriles is 1. The molecule has 0 fully saturated rings. The smallest absolute Gasteiger partial charge is 0.123 e. The molecule has 20 heavy (non-hydrogen) atoms. The van der Waals surface area contributed by atoms with Crippen molar-refractivity contribution in [2.24, 2.45) is 0 Å². The Morgan fingerprint density at radius 1 is 1.00 bits per heavy atom. The van der Waals surface area contributed by atoms with E-state index in [9.17, 15) is 4.39 Å². The fourth-order valence-electron chi connectivity index (χ4n) is 2.16. The van der Waals surface area contributed by atoms with Crippen LogP contribution in [0, 0.1) is 17.1 Å². The van der Waals surface area contributed by atoms with Crippen LogP contribution in [-0.2, 0) is 6.42 Å². The summed E-state index contributed by atoms with van der Waals surface area (Å²) in [5, 5.41) is 9.71. The summed E-state index contributed by atoms with van der Waals surface area (Å²) >= 11 is 0. The van der Waals surface area contributed by atoms with Gasteiger partial charge in [0.25, 0.3) is 0 Å². The molecule has 2 aromatic carbocycles. The molecule has 0 aliphatic rings. The fourth-order valence-corrected chi connectivity index (χ4v) is 2.16. The van der Waals surface area contributed by atoms with E-state index in [1.54, 1.807) is 12.1 Å². The normalized spacial score (nSPS) is 10.4. The van der Waals surface area contributed by atoms with E-state index in [-0.39, 0.29) is 5.82 Å². The van der Waals surface area contributed by atoms with Gasteiger partial charge < -0.3 is 0 Å². The third-order valence-electron chi connectivity index (χ3n) is 3.18. The monoisotopic (exact) mass is 262 g/mol. The molecule has 96 valence electrons. The summed E-state index contributed by atoms with van der Waals surface area (Å²) < 4.78 is 12.9. The molecule has 0 radical (unpaired) electrons. The molecule has 3 heteroatoms. The molecule has 3 rings (SSSR count). The van der Waals surface area contributed by atoms with Gasteiger partial charge in [-0.15, -0.1) is 0 Å². The summed E-state index contributed by atoms with van der Waals surface area (Å²) in [5.74, 6) is -0.254. The second-order valence-electron chi connectivity index (χ2n) is 4.57. The highest BCUT2D eigenvalue weighted by Gasteiger charge is 2.03. The number of nitrogens with zero attached hydrogens (tertiary/aromatic N) is 2. The predicted molar refractivity (Wildman–Crippen MR) is 76.5 cm³/mol. The second kappa shape index (κ2) is 5.10. The fraction of sp³-hybridized carbons (Fsp3) is 0.0588. The first-order valence-electron chi connectivity index (χ1n) is 6.29. The second-order valence-corrected chi connectivity index (χ2v) is 4.57. The highest BCUT2D eigenvalue weighted by atomic mass is 19.1. The lowest BCUT2D eigenvalue weighted by atomic mass is 10.1. The number of pyridine rings is 1. The lowest BCUT2D eigenvalue weighted by Gasteiger charge is -2.04. The average Bonchev–Trinajstić information content (AvgIpc) is 2.48. The van der Waals surface area contributed by atoms with Crippen LogP contribution in [0.2, 0.25) is 0 Å². The Labute approximate surface area is 116 Å². The van der Waals surface area contributed by atoms with Gasteiger partial charge in [-0.3, -0.25) is 0 Å². The van der Waals surface area contributed by atoms with Crippen LogP contribution in [0.25, 0.3) is 22.2 Å². The zero-order valence-electron chi connectivity index (χ0n) is 10.7. The standard InChI is InChI=1S/C17H11FN2/c18-15-5-2-13(3-6-15)16-8-4-14-11-12(9-10-19)1-7-17(14)20-16/h1-8,11H,9H2. The van der Waals surface area contributed by atoms with Gasteiger partial charge >= 0.3 is 0 Å². The van der Waals surface area contributed by atoms with Crippen LogP contribution in [0.1, 0.15) is 5.56 Å². The lowest BCUT2D eigenvalue weighted by Crippen LogP contribution is -1.88. The molecule has 0 aliphatic heterocycles. The van der Waals surface area contributed by atoms with Crippen molar-refractivity contribution in [1.29, 1.82) is 5.26 Å². The largest absolute Gasteiger partial charge is 0.248 e. The molecule has 0 aliphatic carbocycles. The van der Waals surface area contributed by atoms with Crippen molar-refractivity contribution < 1.29 is 4.39 Å². The first-order chi connectivity index (χ1) is 9.76. The minimum Gasteiger partial charge on any atom is -0.248 e. The summed E-state index contributed by atoms with van der Waals surface area (Å²) in [5.41, 5.74) is 3.55. The lowest BCUT2D eigenvalue weighted by molar-refractivity contribution is 0.628. The van der Waals surface area contributed by atoms with Crippen molar-refractivity contribution >= 4 is 10.9 Å². The Morgan fingerprint density at radius 3 is 2.55 bits per heavy atom. The van der Waals surface area contributed by atoms with Crippen molar-refractivity contribution in [2.75, 3.05) is 0 Å². The molecular weight excluding hydrogens is 251 g/mol. The van der Waals surface area contributed by atoms with E-state index in [1.165, 1.54) is 12.1 Å². The van der Waals surface area contributed by atoms with E-state index in [4.69, 9.17) is 5.26 Å². The SMILES string of the molecule is N#CCc1ccc2nc(-c3ccc(F)cc3)ccc2c1. The molecule has 0 saturated heterocycles.